The number of esters is 1. The summed E-state index contributed by atoms with van der Waals surface area (Å²) in [7, 11) is 1.57. The van der Waals surface area contributed by atoms with E-state index >= 15 is 0 Å². The molecule has 0 unspecified atom stereocenters. The van der Waals surface area contributed by atoms with Gasteiger partial charge in [0.05, 0.1) is 24.7 Å². The Balaban J connectivity index is 2.64. The first-order valence-electron chi connectivity index (χ1n) is 3.70. The minimum Gasteiger partial charge on any atom is -0.406 e. The highest BCUT2D eigenvalue weighted by Gasteiger charge is 2.00. The van der Waals surface area contributed by atoms with Gasteiger partial charge in [-0.2, -0.15) is 0 Å². The quantitative estimate of drug-likeness (QED) is 0.639. The summed E-state index contributed by atoms with van der Waals surface area (Å²) < 4.78 is 9.53. The fraction of sp³-hybridized carbons (Fsp3) is 0.375. The minimum absolute atomic E-state index is 0.201. The molecule has 1 aromatic heterocycles. The largest absolute Gasteiger partial charge is 0.406 e. The van der Waals surface area contributed by atoms with Gasteiger partial charge in [-0.3, -0.25) is 9.78 Å². The van der Waals surface area contributed by atoms with E-state index in [1.54, 1.807) is 7.11 Å². The van der Waals surface area contributed by atoms with Crippen molar-refractivity contribution in [3.05, 3.63) is 18.1 Å². The van der Waals surface area contributed by atoms with Crippen LogP contribution in [0.25, 0.3) is 0 Å². The fourth-order valence-corrected chi connectivity index (χ4v) is 0.765. The molecule has 0 amide bonds. The molecule has 1 heterocycles. The van der Waals surface area contributed by atoms with E-state index in [0.29, 0.717) is 12.3 Å². The Kier molecular flexibility index (Phi) is 3.33. The molecular formula is C8H10N2O3. The standard InChI is InChI=1S/C8H10N2O3/c1-6(11)13-8-4-9-7(3-10-8)5-12-2/h3-4H,5H2,1-2H3. The molecule has 0 radical (unpaired) electrons. The van der Waals surface area contributed by atoms with Crippen LogP contribution in [0.2, 0.25) is 0 Å². The van der Waals surface area contributed by atoms with Gasteiger partial charge in [0.2, 0.25) is 5.88 Å². The maximum atomic E-state index is 10.5. The maximum absolute atomic E-state index is 10.5. The van der Waals surface area contributed by atoms with Gasteiger partial charge in [0.25, 0.3) is 0 Å². The maximum Gasteiger partial charge on any atom is 0.309 e. The lowest BCUT2D eigenvalue weighted by Crippen LogP contribution is -2.04. The van der Waals surface area contributed by atoms with Crippen molar-refractivity contribution in [2.24, 2.45) is 0 Å². The number of hydrogen-bond acceptors (Lipinski definition) is 5. The Morgan fingerprint density at radius 1 is 1.46 bits per heavy atom. The summed E-state index contributed by atoms with van der Waals surface area (Å²) >= 11 is 0. The molecule has 1 aromatic rings. The number of ether oxygens (including phenoxy) is 2. The van der Waals surface area contributed by atoms with Crippen LogP contribution in [0.15, 0.2) is 12.4 Å². The van der Waals surface area contributed by atoms with Crippen molar-refractivity contribution in [1.82, 2.24) is 9.97 Å². The third-order valence-electron chi connectivity index (χ3n) is 1.22. The van der Waals surface area contributed by atoms with Crippen LogP contribution in [0.5, 0.6) is 5.88 Å². The molecule has 13 heavy (non-hydrogen) atoms. The van der Waals surface area contributed by atoms with Gasteiger partial charge in [0.1, 0.15) is 0 Å². The van der Waals surface area contributed by atoms with Gasteiger partial charge >= 0.3 is 5.97 Å². The first-order valence-corrected chi connectivity index (χ1v) is 3.70. The number of carbonyl (C=O) groups excluding carboxylic acids is 1. The Morgan fingerprint density at radius 2 is 2.23 bits per heavy atom. The van der Waals surface area contributed by atoms with Crippen LogP contribution >= 0.6 is 0 Å². The van der Waals surface area contributed by atoms with Crippen molar-refractivity contribution in [3.63, 3.8) is 0 Å². The van der Waals surface area contributed by atoms with Crippen LogP contribution in [-0.2, 0) is 16.1 Å². The second-order valence-corrected chi connectivity index (χ2v) is 2.37. The smallest absolute Gasteiger partial charge is 0.309 e. The highest BCUT2D eigenvalue weighted by atomic mass is 16.5. The number of aromatic nitrogens is 2. The Bertz CT molecular complexity index is 284. The summed E-state index contributed by atoms with van der Waals surface area (Å²) in [6.45, 7) is 1.71. The summed E-state index contributed by atoms with van der Waals surface area (Å²) in [6, 6.07) is 0. The molecule has 0 atom stereocenters. The first-order chi connectivity index (χ1) is 6.22. The average Bonchev–Trinajstić information content (AvgIpc) is 2.08. The fourth-order valence-electron chi connectivity index (χ4n) is 0.765. The zero-order chi connectivity index (χ0) is 9.68. The molecular weight excluding hydrogens is 172 g/mol. The van der Waals surface area contributed by atoms with Gasteiger partial charge in [0.15, 0.2) is 0 Å². The topological polar surface area (TPSA) is 61.3 Å². The number of methoxy groups -OCH3 is 1. The van der Waals surface area contributed by atoms with Crippen LogP contribution in [0.1, 0.15) is 12.6 Å². The molecule has 5 heteroatoms. The van der Waals surface area contributed by atoms with Crippen LogP contribution in [0, 0.1) is 0 Å². The Labute approximate surface area is 75.7 Å². The Hall–Kier alpha value is -1.49. The van der Waals surface area contributed by atoms with E-state index in [2.05, 4.69) is 9.97 Å². The number of rotatable bonds is 3. The molecule has 0 fully saturated rings. The van der Waals surface area contributed by atoms with Gasteiger partial charge in [-0.15, -0.1) is 0 Å². The van der Waals surface area contributed by atoms with E-state index in [9.17, 15) is 4.79 Å². The molecule has 5 nitrogen and oxygen atoms in total. The molecule has 0 aliphatic rings. The average molecular weight is 182 g/mol. The lowest BCUT2D eigenvalue weighted by Gasteiger charge is -2.00. The van der Waals surface area contributed by atoms with Crippen LogP contribution in [0.3, 0.4) is 0 Å². The van der Waals surface area contributed by atoms with Gasteiger partial charge < -0.3 is 9.47 Å². The van der Waals surface area contributed by atoms with Gasteiger partial charge in [-0.25, -0.2) is 4.98 Å². The predicted molar refractivity (Wildman–Crippen MR) is 44.1 cm³/mol. The lowest BCUT2D eigenvalue weighted by atomic mass is 10.5. The van der Waals surface area contributed by atoms with Gasteiger partial charge in [-0.1, -0.05) is 0 Å². The van der Waals surface area contributed by atoms with E-state index in [1.165, 1.54) is 19.3 Å². The van der Waals surface area contributed by atoms with Gasteiger partial charge in [0, 0.05) is 14.0 Å². The van der Waals surface area contributed by atoms with Crippen molar-refractivity contribution < 1.29 is 14.3 Å². The summed E-state index contributed by atoms with van der Waals surface area (Å²) in [6.07, 6.45) is 2.89. The first kappa shape index (κ1) is 9.60. The Morgan fingerprint density at radius 3 is 2.69 bits per heavy atom. The SMILES string of the molecule is COCc1cnc(OC(C)=O)cn1. The number of hydrogen-bond donors (Lipinski definition) is 0. The third kappa shape index (κ3) is 3.16. The third-order valence-corrected chi connectivity index (χ3v) is 1.22. The monoisotopic (exact) mass is 182 g/mol. The summed E-state index contributed by atoms with van der Waals surface area (Å²) in [5.74, 6) is -0.207. The summed E-state index contributed by atoms with van der Waals surface area (Å²) in [4.78, 5) is 18.3. The van der Waals surface area contributed by atoms with Crippen LogP contribution in [0.4, 0.5) is 0 Å². The van der Waals surface area contributed by atoms with E-state index in [1.807, 2.05) is 0 Å². The lowest BCUT2D eigenvalue weighted by molar-refractivity contribution is -0.132. The molecule has 0 saturated carbocycles. The van der Waals surface area contributed by atoms with Crippen molar-refractivity contribution in [1.29, 1.82) is 0 Å². The van der Waals surface area contributed by atoms with Crippen LogP contribution in [-0.4, -0.2) is 23.0 Å². The van der Waals surface area contributed by atoms with Crippen molar-refractivity contribution >= 4 is 5.97 Å². The summed E-state index contributed by atoms with van der Waals surface area (Å²) in [5.41, 5.74) is 0.693. The molecule has 0 N–H and O–H groups in total. The second-order valence-electron chi connectivity index (χ2n) is 2.37. The van der Waals surface area contributed by atoms with E-state index in [-0.39, 0.29) is 5.88 Å². The molecule has 0 aromatic carbocycles. The molecule has 0 saturated heterocycles. The van der Waals surface area contributed by atoms with Gasteiger partial charge in [-0.05, 0) is 0 Å². The molecule has 0 aliphatic heterocycles. The highest BCUT2D eigenvalue weighted by Crippen LogP contribution is 2.04. The minimum atomic E-state index is -0.409. The van der Waals surface area contributed by atoms with E-state index in [0.717, 1.165) is 0 Å². The van der Waals surface area contributed by atoms with E-state index in [4.69, 9.17) is 9.47 Å². The normalized spacial score (nSPS) is 9.69. The summed E-state index contributed by atoms with van der Waals surface area (Å²) in [5, 5.41) is 0. The van der Waals surface area contributed by atoms with Crippen LogP contribution < -0.4 is 4.74 Å². The second kappa shape index (κ2) is 4.51. The molecule has 0 spiro atoms. The molecule has 70 valence electrons. The molecule has 0 aliphatic carbocycles. The van der Waals surface area contributed by atoms with E-state index < -0.39 is 5.97 Å². The zero-order valence-corrected chi connectivity index (χ0v) is 7.48. The highest BCUT2D eigenvalue weighted by molar-refractivity contribution is 5.68. The number of nitrogens with zero attached hydrogens (tertiary/aromatic N) is 2. The predicted octanol–water partition coefficient (Wildman–Crippen LogP) is 0.548. The van der Waals surface area contributed by atoms with Crippen molar-refractivity contribution in [3.8, 4) is 5.88 Å². The zero-order valence-electron chi connectivity index (χ0n) is 7.48. The van der Waals surface area contributed by atoms with Crippen molar-refractivity contribution in [2.75, 3.05) is 7.11 Å². The molecule has 0 bridgehead atoms. The number of carbonyl (C=O) groups is 1. The van der Waals surface area contributed by atoms with Crippen molar-refractivity contribution in [2.45, 2.75) is 13.5 Å². The molecule has 1 rings (SSSR count).